The molecule has 22 heteroatoms. The number of ether oxygens (including phenoxy) is 6. The number of carbonyl (C=O) groups is 3. The number of amides is 3. The van der Waals surface area contributed by atoms with E-state index in [0.29, 0.717) is 96.7 Å². The number of carbonyl (C=O) groups excluding carboxylic acids is 3. The first-order chi connectivity index (χ1) is 56.0. The standard InChI is InChI=1S/C15H30N2O2.C14H27NO3.C12H22FNO2.C11H23NO.C11H23N.C10H20FN.C10H22N2.C9H17F.C9H19NO/c1-14(2,3)7-8-16-9-11-17(12-10-16)13(18)19-15(4,5)6;1-13(2,3)9-11-10-15(7-8-17-11)12(16)18-14(4,5)6;1-9(2)6-12(13)7-14(8-12)10(15)16-11(3,4)5;1-5-12-6-7-13-10(9-12)8-11(2,3)4;1-11(2,3)7-6-10-12-8-4-5-9-12;1-5-12-7-10(11,8-12)6-9(2,3)4;1-10(2,3)4-7-12-8-5-11-6-9-12;1-8(2)7-9(10)5-3-4-6-9;1-9(2,3)6-8-7-10-4-5-11-8/h7-12H2,1-6H3;11H,7-10H2,1-6H3;9H,6-8H2,1-5H3;10H,5-9H2,1-4H3;4-10H2,1-3H3;5-8H2,1-4H3;11H,4-9H2,1-3H3;8H,3-7H2,1-2H3;8,10H,4-7H2,1-3H3. The first-order valence-corrected chi connectivity index (χ1v) is 48.8. The summed E-state index contributed by atoms with van der Waals surface area (Å²) in [5.74, 6) is 0.828. The van der Waals surface area contributed by atoms with Gasteiger partial charge in [-0.3, -0.25) is 14.7 Å². The van der Waals surface area contributed by atoms with Gasteiger partial charge >= 0.3 is 18.3 Å². The van der Waals surface area contributed by atoms with Crippen LogP contribution in [0.5, 0.6) is 0 Å². The molecule has 9 fully saturated rings. The molecule has 9 rings (SSSR count). The van der Waals surface area contributed by atoms with E-state index in [9.17, 15) is 27.6 Å². The minimum atomic E-state index is -1.20. The highest BCUT2D eigenvalue weighted by molar-refractivity contribution is 5.70. The molecule has 1 aliphatic carbocycles. The van der Waals surface area contributed by atoms with E-state index in [1.807, 2.05) is 81.1 Å². The lowest BCUT2D eigenvalue weighted by Crippen LogP contribution is -2.62. The number of nitrogens with one attached hydrogen (secondary N) is 2. The highest BCUT2D eigenvalue weighted by atomic mass is 19.2. The predicted octanol–water partition coefficient (Wildman–Crippen LogP) is 22.6. The maximum Gasteiger partial charge on any atom is 0.410 e. The van der Waals surface area contributed by atoms with Gasteiger partial charge < -0.3 is 63.6 Å². The van der Waals surface area contributed by atoms with Crippen LogP contribution in [0.4, 0.5) is 27.6 Å². The van der Waals surface area contributed by atoms with E-state index in [1.165, 1.54) is 102 Å². The highest BCUT2D eigenvalue weighted by Gasteiger charge is 2.48. The van der Waals surface area contributed by atoms with E-state index < -0.39 is 39.9 Å². The Morgan fingerprint density at radius 3 is 1.15 bits per heavy atom. The third kappa shape index (κ3) is 63.8. The Kier molecular flexibility index (Phi) is 52.1. The number of nitrogens with zero attached hydrogens (tertiary/aromatic N) is 8. The lowest BCUT2D eigenvalue weighted by Gasteiger charge is -2.46. The Morgan fingerprint density at radius 1 is 0.366 bits per heavy atom. The second kappa shape index (κ2) is 54.3. The summed E-state index contributed by atoms with van der Waals surface area (Å²) in [7, 11) is 0. The fraction of sp³-hybridized carbons (Fsp3) is 0.970. The molecule has 732 valence electrons. The van der Waals surface area contributed by atoms with Crippen LogP contribution in [-0.2, 0) is 28.4 Å². The zero-order valence-electron chi connectivity index (χ0n) is 87.4. The van der Waals surface area contributed by atoms with Gasteiger partial charge in [-0.2, -0.15) is 0 Å². The van der Waals surface area contributed by atoms with Crippen molar-refractivity contribution in [2.24, 2.45) is 49.7 Å². The molecule has 0 radical (unpaired) electrons. The Labute approximate surface area is 757 Å². The van der Waals surface area contributed by atoms with Gasteiger partial charge in [-0.05, 0) is 248 Å². The molecule has 3 atom stereocenters. The number of likely N-dealkylation sites (N-methyl/N-ethyl adjacent to an activating group) is 1. The second-order valence-electron chi connectivity index (χ2n) is 49.8. The average Bonchev–Trinajstić information content (AvgIpc) is 1.12. The van der Waals surface area contributed by atoms with Crippen LogP contribution in [0.3, 0.4) is 0 Å². The molecule has 1 saturated carbocycles. The predicted molar refractivity (Wildman–Crippen MR) is 513 cm³/mol. The third-order valence-corrected chi connectivity index (χ3v) is 22.1. The summed E-state index contributed by atoms with van der Waals surface area (Å²) in [4.78, 5) is 52.7. The van der Waals surface area contributed by atoms with Gasteiger partial charge in [0, 0.05) is 98.2 Å². The van der Waals surface area contributed by atoms with Gasteiger partial charge in [0.1, 0.15) is 33.8 Å². The van der Waals surface area contributed by atoms with Crippen molar-refractivity contribution in [3.8, 4) is 0 Å². The van der Waals surface area contributed by atoms with Crippen molar-refractivity contribution < 1.29 is 56.0 Å². The maximum absolute atomic E-state index is 14.0. The summed E-state index contributed by atoms with van der Waals surface area (Å²) in [6.45, 7) is 103. The van der Waals surface area contributed by atoms with E-state index in [4.69, 9.17) is 28.4 Å². The Morgan fingerprint density at radius 2 is 0.756 bits per heavy atom. The van der Waals surface area contributed by atoms with Crippen LogP contribution in [0.2, 0.25) is 0 Å². The highest BCUT2D eigenvalue weighted by Crippen LogP contribution is 2.40. The van der Waals surface area contributed by atoms with Crippen LogP contribution in [0.25, 0.3) is 0 Å². The summed E-state index contributed by atoms with van der Waals surface area (Å²) in [6.07, 6.45) is 17.3. The number of likely N-dealkylation sites (tertiary alicyclic amines) is 3. The van der Waals surface area contributed by atoms with Crippen LogP contribution < -0.4 is 10.6 Å². The summed E-state index contributed by atoms with van der Waals surface area (Å²) in [6, 6.07) is 0. The van der Waals surface area contributed by atoms with Crippen molar-refractivity contribution in [2.45, 2.75) is 404 Å². The van der Waals surface area contributed by atoms with Gasteiger partial charge in [-0.15, -0.1) is 0 Å². The largest absolute Gasteiger partial charge is 0.444 e. The van der Waals surface area contributed by atoms with Gasteiger partial charge in [0.05, 0.1) is 57.8 Å². The molecule has 8 saturated heterocycles. The van der Waals surface area contributed by atoms with E-state index in [1.54, 1.807) is 4.90 Å². The topological polar surface area (TPSA) is 157 Å². The smallest absolute Gasteiger partial charge is 0.410 e. The number of rotatable bonds is 17. The van der Waals surface area contributed by atoms with E-state index in [0.717, 1.165) is 130 Å². The molecule has 9 aliphatic rings. The number of alkyl halides is 3. The van der Waals surface area contributed by atoms with Crippen molar-refractivity contribution in [1.29, 1.82) is 0 Å². The first kappa shape index (κ1) is 118. The Hall–Kier alpha value is -2.80. The molecule has 8 aliphatic heterocycles. The molecule has 2 N–H and O–H groups in total. The molecule has 3 amide bonds. The zero-order valence-corrected chi connectivity index (χ0v) is 87.4. The molecule has 8 heterocycles. The molecule has 0 aromatic heterocycles. The number of piperazine rings is 2. The van der Waals surface area contributed by atoms with E-state index in [-0.39, 0.29) is 42.2 Å². The van der Waals surface area contributed by atoms with Gasteiger partial charge in [0.15, 0.2) is 0 Å². The minimum Gasteiger partial charge on any atom is -0.444 e. The van der Waals surface area contributed by atoms with Crippen molar-refractivity contribution in [2.75, 3.05) is 183 Å². The van der Waals surface area contributed by atoms with Gasteiger partial charge in [0.2, 0.25) is 0 Å². The fourth-order valence-electron chi connectivity index (χ4n) is 16.5. The molecule has 0 spiro atoms. The van der Waals surface area contributed by atoms with Crippen LogP contribution >= 0.6 is 0 Å². The molecule has 123 heavy (non-hydrogen) atoms. The average molecular weight is 1760 g/mol. The fourth-order valence-corrected chi connectivity index (χ4v) is 16.5. The lowest BCUT2D eigenvalue weighted by molar-refractivity contribution is -0.0590. The van der Waals surface area contributed by atoms with Crippen molar-refractivity contribution in [3.63, 3.8) is 0 Å². The lowest BCUT2D eigenvalue weighted by atomic mass is 9.79. The Bertz CT molecular complexity index is 2780. The van der Waals surface area contributed by atoms with E-state index in [2.05, 4.69) is 208 Å². The van der Waals surface area contributed by atoms with Crippen molar-refractivity contribution >= 4 is 18.3 Å². The van der Waals surface area contributed by atoms with Crippen molar-refractivity contribution in [3.05, 3.63) is 0 Å². The third-order valence-electron chi connectivity index (χ3n) is 22.1. The SMILES string of the molecule is CC(C)(C)CC1CN(C(=O)OC(C)(C)C)CCO1.CC(C)(C)CC1CNCCO1.CC(C)(C)CCCN1CCCC1.CC(C)(C)CCN1CCN(C(=O)OC(C)(C)C)CC1.CC(C)(C)CCN1CCNCC1.CC(C)CC1(F)CCCC1.CC(C)CC1(F)CN(C(=O)OC(C)(C)C)C1.CCN1CC(F)(CC(C)(C)C)C1.CCN1CCOC(CC(C)(C)C)C1. The Balaban J connectivity index is 0.000000697. The second-order valence-corrected chi connectivity index (χ2v) is 49.8. The molecule has 0 aromatic rings. The molecular weight excluding hydrogens is 1550 g/mol. The molecule has 0 bridgehead atoms. The van der Waals surface area contributed by atoms with Gasteiger partial charge in [0.25, 0.3) is 0 Å². The van der Waals surface area contributed by atoms with E-state index >= 15 is 0 Å². The van der Waals surface area contributed by atoms with Gasteiger partial charge in [-0.25, -0.2) is 27.6 Å². The van der Waals surface area contributed by atoms with Crippen LogP contribution in [0.1, 0.15) is 352 Å². The van der Waals surface area contributed by atoms with Gasteiger partial charge in [-0.1, -0.05) is 200 Å². The number of halogens is 3. The summed E-state index contributed by atoms with van der Waals surface area (Å²) < 4.78 is 74.3. The molecular formula is C101H203F3N10O9. The first-order valence-electron chi connectivity index (χ1n) is 48.8. The summed E-state index contributed by atoms with van der Waals surface area (Å²) >= 11 is 0. The molecule has 3 unspecified atom stereocenters. The van der Waals surface area contributed by atoms with Crippen LogP contribution in [0.15, 0.2) is 0 Å². The quantitative estimate of drug-likeness (QED) is 0.133. The zero-order chi connectivity index (χ0) is 94.5. The maximum atomic E-state index is 14.0. The molecule has 19 nitrogen and oxygen atoms in total. The number of hydrogen-bond acceptors (Lipinski definition) is 16. The minimum absolute atomic E-state index is 0.117. The molecule has 0 aromatic carbocycles. The summed E-state index contributed by atoms with van der Waals surface area (Å²) in [5, 5.41) is 6.70. The normalized spacial score (nSPS) is 22.1. The summed E-state index contributed by atoms with van der Waals surface area (Å²) in [5.41, 5.74) is -1.72. The number of morpholine rings is 3. The van der Waals surface area contributed by atoms with Crippen LogP contribution in [-0.4, -0.2) is 293 Å². The monoisotopic (exact) mass is 1760 g/mol. The van der Waals surface area contributed by atoms with Crippen molar-refractivity contribution in [1.82, 2.24) is 49.8 Å². The van der Waals surface area contributed by atoms with Crippen LogP contribution in [0, 0.1) is 49.7 Å². The number of hydrogen-bond donors (Lipinski definition) is 2.